The van der Waals surface area contributed by atoms with Gasteiger partial charge in [0.2, 0.25) is 0 Å². The summed E-state index contributed by atoms with van der Waals surface area (Å²) < 4.78 is 0. The van der Waals surface area contributed by atoms with Gasteiger partial charge in [-0.15, -0.1) is 0 Å². The molecule has 0 aromatic carbocycles. The summed E-state index contributed by atoms with van der Waals surface area (Å²) in [7, 11) is 0. The molecule has 0 aromatic rings. The molecule has 0 aliphatic rings. The van der Waals surface area contributed by atoms with E-state index in [9.17, 15) is 0 Å². The quantitative estimate of drug-likeness (QED) is 0.203. The molecule has 132 valence electrons. The van der Waals surface area contributed by atoms with E-state index in [1.807, 2.05) is 13.8 Å². The smallest absolute Gasteiger partial charge is 0.512 e. The van der Waals surface area contributed by atoms with Gasteiger partial charge in [-0.05, 0) is 13.8 Å². The topological polar surface area (TPSA) is 199 Å². The molecule has 2 atom stereocenters. The van der Waals surface area contributed by atoms with Gasteiger partial charge >= 0.3 is 65.2 Å². The third-order valence-corrected chi connectivity index (χ3v) is 0.744. The summed E-state index contributed by atoms with van der Waals surface area (Å²) in [4.78, 5) is 0. The number of nitrogens with zero attached hydrogens (tertiary/aromatic N) is 4. The van der Waals surface area contributed by atoms with E-state index in [0.717, 1.165) is 0 Å². The molecule has 8 N–H and O–H groups in total. The molecule has 0 saturated heterocycles. The molecule has 0 heterocycles. The Bertz CT molecular complexity index is 151. The largest absolute Gasteiger partial charge is 2.00 e. The van der Waals surface area contributed by atoms with Crippen molar-refractivity contribution in [3.8, 4) is 0 Å². The van der Waals surface area contributed by atoms with Crippen LogP contribution in [0, 0.1) is 47.3 Å². The van der Waals surface area contributed by atoms with Gasteiger partial charge in [0.15, 0.2) is 0 Å². The van der Waals surface area contributed by atoms with E-state index in [1.54, 1.807) is 0 Å². The Balaban J connectivity index is -0.0000000122. The van der Waals surface area contributed by atoms with Crippen molar-refractivity contribution in [1.29, 1.82) is 21.0 Å². The first kappa shape index (κ1) is 58.4. The summed E-state index contributed by atoms with van der Waals surface area (Å²) in [5.41, 5.74) is 20.4. The van der Waals surface area contributed by atoms with Crippen LogP contribution in [0.25, 0.3) is 0 Å². The van der Waals surface area contributed by atoms with E-state index >= 15 is 0 Å². The van der Waals surface area contributed by atoms with Crippen LogP contribution in [-0.4, -0.2) is 25.2 Å². The zero-order valence-corrected chi connectivity index (χ0v) is 17.5. The molecule has 0 spiro atoms. The third kappa shape index (κ3) is 413. The first-order valence-electron chi connectivity index (χ1n) is 4.35. The molecule has 0 bridgehead atoms. The fraction of sp³-hybridized carbons (Fsp3) is 0.600. The standard InChI is InChI=1S/2C3H10N2.4CN.2Au.Pd/c2*1-3(5)2-4;4*1-2;;;/h2*3H,2,4-5H2,1H3;;;;;;;/q;;4*-1;2*+1;+2. The van der Waals surface area contributed by atoms with Crippen LogP contribution < -0.4 is 22.9 Å². The molecule has 0 aliphatic heterocycles. The normalized spacial score (nSPS) is 7.52. The predicted molar refractivity (Wildman–Crippen MR) is 65.3 cm³/mol. The number of nitrogens with two attached hydrogens (primary N) is 4. The van der Waals surface area contributed by atoms with Crippen molar-refractivity contribution in [3.63, 3.8) is 0 Å². The van der Waals surface area contributed by atoms with Gasteiger partial charge in [-0.3, -0.25) is 0 Å². The second-order valence-corrected chi connectivity index (χ2v) is 2.43. The SMILES string of the molecule is CC(N)CN.CC(N)CN.[Au+].[Au+].[C-]#N.[C-]#N.[C-]#N.[C-]#N.[Pd+2]. The van der Waals surface area contributed by atoms with E-state index in [1.165, 1.54) is 0 Å². The van der Waals surface area contributed by atoms with Crippen LogP contribution in [0.5, 0.6) is 0 Å². The van der Waals surface area contributed by atoms with Crippen molar-refractivity contribution in [1.82, 2.24) is 0 Å². The molecule has 8 nitrogen and oxygen atoms in total. The van der Waals surface area contributed by atoms with Gasteiger partial charge in [-0.1, -0.05) is 0 Å². The average molecular weight is 753 g/mol. The van der Waals surface area contributed by atoms with Crippen LogP contribution in [-0.2, 0) is 65.2 Å². The third-order valence-electron chi connectivity index (χ3n) is 0.744. The molecular weight excluding hydrogens is 733 g/mol. The van der Waals surface area contributed by atoms with Crippen LogP contribution >= 0.6 is 0 Å². The fourth-order valence-electron chi connectivity index (χ4n) is 0. The van der Waals surface area contributed by atoms with Crippen molar-refractivity contribution >= 4 is 0 Å². The maximum Gasteiger partial charge on any atom is 2.00 e. The van der Waals surface area contributed by atoms with Crippen LogP contribution in [0.1, 0.15) is 13.8 Å². The monoisotopic (exact) mass is 752 g/mol. The van der Waals surface area contributed by atoms with Gasteiger partial charge in [-0.2, -0.15) is 0 Å². The molecule has 0 rings (SSSR count). The number of rotatable bonds is 2. The molecule has 11 heteroatoms. The minimum absolute atomic E-state index is 0. The summed E-state index contributed by atoms with van der Waals surface area (Å²) in [6, 6.07) is 0.324. The Kier molecular flexibility index (Phi) is 315. The van der Waals surface area contributed by atoms with Crippen LogP contribution in [0.3, 0.4) is 0 Å². The Labute approximate surface area is 173 Å². The molecule has 21 heavy (non-hydrogen) atoms. The molecule has 0 radical (unpaired) electrons. The molecular formula is C10H20Au2N8Pd. The maximum atomic E-state index is 6.25. The Morgan fingerprint density at radius 1 is 0.667 bits per heavy atom. The first-order valence-corrected chi connectivity index (χ1v) is 4.35. The van der Waals surface area contributed by atoms with Crippen LogP contribution in [0.15, 0.2) is 0 Å². The molecule has 0 fully saturated rings. The Morgan fingerprint density at radius 3 is 0.714 bits per heavy atom. The van der Waals surface area contributed by atoms with Gasteiger partial charge in [-0.25, -0.2) is 0 Å². The van der Waals surface area contributed by atoms with E-state index in [2.05, 4.69) is 0 Å². The van der Waals surface area contributed by atoms with Crippen molar-refractivity contribution in [2.24, 2.45) is 22.9 Å². The molecule has 0 aromatic heterocycles. The zero-order valence-electron chi connectivity index (χ0n) is 11.6. The van der Waals surface area contributed by atoms with Crippen molar-refractivity contribution < 1.29 is 65.2 Å². The second-order valence-electron chi connectivity index (χ2n) is 2.43. The first-order chi connectivity index (χ1) is 8.54. The summed E-state index contributed by atoms with van der Waals surface area (Å²) in [5.74, 6) is 0. The molecule has 0 amide bonds. The van der Waals surface area contributed by atoms with E-state index in [4.69, 9.17) is 70.3 Å². The minimum atomic E-state index is 0. The van der Waals surface area contributed by atoms with Gasteiger partial charge < -0.3 is 70.3 Å². The van der Waals surface area contributed by atoms with E-state index in [-0.39, 0.29) is 77.3 Å². The Morgan fingerprint density at radius 2 is 0.714 bits per heavy atom. The van der Waals surface area contributed by atoms with Crippen molar-refractivity contribution in [2.45, 2.75) is 25.9 Å². The number of hydrogen-bond acceptors (Lipinski definition) is 8. The van der Waals surface area contributed by atoms with Crippen LogP contribution in [0.2, 0.25) is 0 Å². The van der Waals surface area contributed by atoms with Crippen LogP contribution in [0.4, 0.5) is 0 Å². The Hall–Kier alpha value is -0.0571. The van der Waals surface area contributed by atoms with Gasteiger partial charge in [0, 0.05) is 25.2 Å². The fourth-order valence-corrected chi connectivity index (χ4v) is 0. The van der Waals surface area contributed by atoms with E-state index < -0.39 is 0 Å². The van der Waals surface area contributed by atoms with Gasteiger partial charge in [0.1, 0.15) is 0 Å². The summed E-state index contributed by atoms with van der Waals surface area (Å²) in [6.07, 6.45) is 0. The molecule has 0 saturated carbocycles. The minimum Gasteiger partial charge on any atom is -0.512 e. The van der Waals surface area contributed by atoms with Gasteiger partial charge in [0.05, 0.1) is 0 Å². The van der Waals surface area contributed by atoms with Crippen molar-refractivity contribution in [3.05, 3.63) is 26.3 Å². The summed E-state index contributed by atoms with van der Waals surface area (Å²) in [6.45, 7) is 23.9. The number of hydrogen-bond donors (Lipinski definition) is 4. The zero-order chi connectivity index (χ0) is 16.6. The maximum absolute atomic E-state index is 6.25. The second kappa shape index (κ2) is 113. The van der Waals surface area contributed by atoms with E-state index in [0.29, 0.717) is 13.1 Å². The summed E-state index contributed by atoms with van der Waals surface area (Å²) in [5, 5.41) is 25.0. The van der Waals surface area contributed by atoms with Crippen molar-refractivity contribution in [2.75, 3.05) is 13.1 Å². The average Bonchev–Trinajstić information content (AvgIpc) is 2.48. The molecule has 0 aliphatic carbocycles. The predicted octanol–water partition coefficient (Wildman–Crippen LogP) is -1.04. The summed E-state index contributed by atoms with van der Waals surface area (Å²) >= 11 is 0. The van der Waals surface area contributed by atoms with Gasteiger partial charge in [0.25, 0.3) is 0 Å². The molecule has 2 unspecified atom stereocenters.